The van der Waals surface area contributed by atoms with Crippen LogP contribution < -0.4 is 5.32 Å². The molecule has 0 aliphatic carbocycles. The van der Waals surface area contributed by atoms with Crippen molar-refractivity contribution in [2.45, 2.75) is 32.8 Å². The zero-order valence-electron chi connectivity index (χ0n) is 10.5. The van der Waals surface area contributed by atoms with Gasteiger partial charge in [-0.3, -0.25) is 0 Å². The molecule has 3 nitrogen and oxygen atoms in total. The minimum atomic E-state index is 0.398. The summed E-state index contributed by atoms with van der Waals surface area (Å²) in [7, 11) is 2.01. The maximum Gasteiger partial charge on any atom is 0.0739 e. The highest BCUT2D eigenvalue weighted by Gasteiger charge is 2.26. The second kappa shape index (κ2) is 7.20. The van der Waals surface area contributed by atoms with E-state index in [9.17, 15) is 0 Å². The molecule has 0 radical (unpaired) electrons. The molecule has 1 aliphatic rings. The Morgan fingerprint density at radius 3 is 2.87 bits per heavy atom. The Bertz CT molecular complexity index is 158. The van der Waals surface area contributed by atoms with E-state index in [-0.39, 0.29) is 0 Å². The lowest BCUT2D eigenvalue weighted by atomic mass is 9.92. The van der Waals surface area contributed by atoms with Crippen molar-refractivity contribution in [3.05, 3.63) is 0 Å². The summed E-state index contributed by atoms with van der Waals surface area (Å²) in [4.78, 5) is 2.54. The van der Waals surface area contributed by atoms with Gasteiger partial charge in [0, 0.05) is 19.7 Å². The summed E-state index contributed by atoms with van der Waals surface area (Å²) in [6.45, 7) is 9.80. The molecule has 0 aromatic heterocycles. The van der Waals surface area contributed by atoms with E-state index in [4.69, 9.17) is 4.74 Å². The number of hydrogen-bond acceptors (Lipinski definition) is 3. The Hall–Kier alpha value is -0.120. The van der Waals surface area contributed by atoms with Crippen molar-refractivity contribution in [1.82, 2.24) is 10.2 Å². The van der Waals surface area contributed by atoms with Crippen LogP contribution in [0.1, 0.15) is 26.7 Å². The molecule has 0 bridgehead atoms. The Balaban J connectivity index is 2.42. The Morgan fingerprint density at radius 2 is 2.27 bits per heavy atom. The fraction of sp³-hybridized carbons (Fsp3) is 1.00. The zero-order valence-corrected chi connectivity index (χ0v) is 10.5. The van der Waals surface area contributed by atoms with Crippen LogP contribution in [0.5, 0.6) is 0 Å². The highest BCUT2D eigenvalue weighted by molar-refractivity contribution is 4.79. The number of nitrogens with zero attached hydrogens (tertiary/aromatic N) is 1. The Kier molecular flexibility index (Phi) is 6.22. The summed E-state index contributed by atoms with van der Waals surface area (Å²) in [5.74, 6) is 0.714. The van der Waals surface area contributed by atoms with Gasteiger partial charge in [-0.2, -0.15) is 0 Å². The summed E-state index contributed by atoms with van der Waals surface area (Å²) in [6.07, 6.45) is 3.05. The van der Waals surface area contributed by atoms with E-state index in [2.05, 4.69) is 24.1 Å². The largest absolute Gasteiger partial charge is 0.377 e. The van der Waals surface area contributed by atoms with Gasteiger partial charge in [0.25, 0.3) is 0 Å². The van der Waals surface area contributed by atoms with E-state index in [1.165, 1.54) is 32.5 Å². The normalized spacial score (nSPS) is 25.4. The number of likely N-dealkylation sites (tertiary alicyclic amines) is 1. The lowest BCUT2D eigenvalue weighted by molar-refractivity contribution is -0.00543. The highest BCUT2D eigenvalue weighted by Crippen LogP contribution is 2.21. The summed E-state index contributed by atoms with van der Waals surface area (Å²) in [5.41, 5.74) is 0. The molecule has 2 unspecified atom stereocenters. The van der Waals surface area contributed by atoms with Crippen molar-refractivity contribution in [3.63, 3.8) is 0 Å². The number of ether oxygens (including phenoxy) is 1. The fourth-order valence-corrected chi connectivity index (χ4v) is 2.46. The predicted octanol–water partition coefficient (Wildman–Crippen LogP) is 1.34. The molecule has 1 saturated heterocycles. The zero-order chi connectivity index (χ0) is 11.1. The third-order valence-electron chi connectivity index (χ3n) is 3.30. The van der Waals surface area contributed by atoms with Crippen molar-refractivity contribution >= 4 is 0 Å². The van der Waals surface area contributed by atoms with E-state index < -0.39 is 0 Å². The van der Waals surface area contributed by atoms with Crippen molar-refractivity contribution in [2.24, 2.45) is 5.92 Å². The molecule has 1 N–H and O–H groups in total. The van der Waals surface area contributed by atoms with Gasteiger partial charge in [-0.25, -0.2) is 0 Å². The first-order valence-corrected chi connectivity index (χ1v) is 6.30. The molecule has 1 aliphatic heterocycles. The first kappa shape index (κ1) is 12.9. The average Bonchev–Trinajstić information content (AvgIpc) is 2.29. The van der Waals surface area contributed by atoms with Crippen LogP contribution >= 0.6 is 0 Å². The molecule has 1 heterocycles. The number of nitrogens with one attached hydrogen (secondary N) is 1. The van der Waals surface area contributed by atoms with Gasteiger partial charge in [-0.05, 0) is 45.8 Å². The summed E-state index contributed by atoms with van der Waals surface area (Å²) in [5, 5.41) is 3.24. The van der Waals surface area contributed by atoms with Gasteiger partial charge in [-0.15, -0.1) is 0 Å². The maximum atomic E-state index is 5.83. The highest BCUT2D eigenvalue weighted by atomic mass is 16.5. The summed E-state index contributed by atoms with van der Waals surface area (Å²) < 4.78 is 5.83. The predicted molar refractivity (Wildman–Crippen MR) is 64.2 cm³/mol. The molecular weight excluding hydrogens is 188 g/mol. The van der Waals surface area contributed by atoms with E-state index in [0.29, 0.717) is 12.0 Å². The van der Waals surface area contributed by atoms with Crippen LogP contribution in [0.15, 0.2) is 0 Å². The van der Waals surface area contributed by atoms with Crippen LogP contribution in [0.25, 0.3) is 0 Å². The second-order valence-corrected chi connectivity index (χ2v) is 4.35. The van der Waals surface area contributed by atoms with Crippen LogP contribution in [0.4, 0.5) is 0 Å². The molecular formula is C12H26N2O. The molecule has 0 aromatic carbocycles. The molecule has 3 heteroatoms. The van der Waals surface area contributed by atoms with Crippen LogP contribution in [-0.4, -0.2) is 50.8 Å². The molecule has 0 aromatic rings. The molecule has 15 heavy (non-hydrogen) atoms. The van der Waals surface area contributed by atoms with Crippen LogP contribution in [0.3, 0.4) is 0 Å². The summed E-state index contributed by atoms with van der Waals surface area (Å²) >= 11 is 0. The van der Waals surface area contributed by atoms with Crippen LogP contribution in [-0.2, 0) is 4.74 Å². The van der Waals surface area contributed by atoms with E-state index in [1.54, 1.807) is 0 Å². The number of hydrogen-bond donors (Lipinski definition) is 1. The van der Waals surface area contributed by atoms with Gasteiger partial charge < -0.3 is 15.0 Å². The lowest BCUT2D eigenvalue weighted by Crippen LogP contribution is -2.44. The van der Waals surface area contributed by atoms with Gasteiger partial charge in [-0.1, -0.05) is 6.92 Å². The topological polar surface area (TPSA) is 24.5 Å². The number of rotatable bonds is 6. The van der Waals surface area contributed by atoms with Crippen LogP contribution in [0.2, 0.25) is 0 Å². The fourth-order valence-electron chi connectivity index (χ4n) is 2.46. The molecule has 0 amide bonds. The molecule has 1 rings (SSSR count). The van der Waals surface area contributed by atoms with E-state index in [1.807, 2.05) is 7.05 Å². The second-order valence-electron chi connectivity index (χ2n) is 4.35. The van der Waals surface area contributed by atoms with Crippen LogP contribution in [0, 0.1) is 5.92 Å². The third-order valence-corrected chi connectivity index (χ3v) is 3.30. The lowest BCUT2D eigenvalue weighted by Gasteiger charge is -2.36. The standard InChI is InChI=1S/C12H26N2O/c1-4-14-8-6-7-11(10-14)12(9-13-3)15-5-2/h11-13H,4-10H2,1-3H3. The quantitative estimate of drug-likeness (QED) is 0.722. The van der Waals surface area contributed by atoms with Gasteiger partial charge >= 0.3 is 0 Å². The van der Waals surface area contributed by atoms with Crippen molar-refractivity contribution in [2.75, 3.05) is 39.8 Å². The summed E-state index contributed by atoms with van der Waals surface area (Å²) in [6, 6.07) is 0. The maximum absolute atomic E-state index is 5.83. The molecule has 90 valence electrons. The average molecular weight is 214 g/mol. The SMILES string of the molecule is CCOC(CNC)C1CCCN(CC)C1. The minimum Gasteiger partial charge on any atom is -0.377 e. The first-order valence-electron chi connectivity index (χ1n) is 6.30. The minimum absolute atomic E-state index is 0.398. The number of likely N-dealkylation sites (N-methyl/N-ethyl adjacent to an activating group) is 1. The Morgan fingerprint density at radius 1 is 1.47 bits per heavy atom. The molecule has 0 spiro atoms. The van der Waals surface area contributed by atoms with Gasteiger partial charge in [0.05, 0.1) is 6.10 Å². The third kappa shape index (κ3) is 4.09. The monoisotopic (exact) mass is 214 g/mol. The van der Waals surface area contributed by atoms with Gasteiger partial charge in [0.15, 0.2) is 0 Å². The van der Waals surface area contributed by atoms with Gasteiger partial charge in [0.1, 0.15) is 0 Å². The van der Waals surface area contributed by atoms with Crippen molar-refractivity contribution in [1.29, 1.82) is 0 Å². The molecule has 1 fully saturated rings. The molecule has 0 saturated carbocycles. The van der Waals surface area contributed by atoms with Crippen molar-refractivity contribution < 1.29 is 4.74 Å². The van der Waals surface area contributed by atoms with E-state index in [0.717, 1.165) is 13.2 Å². The van der Waals surface area contributed by atoms with E-state index >= 15 is 0 Å². The molecule has 2 atom stereocenters. The van der Waals surface area contributed by atoms with Crippen molar-refractivity contribution in [3.8, 4) is 0 Å². The number of piperidine rings is 1. The Labute approximate surface area is 94.2 Å². The first-order chi connectivity index (χ1) is 7.31. The smallest absolute Gasteiger partial charge is 0.0739 e. The van der Waals surface area contributed by atoms with Gasteiger partial charge in [0.2, 0.25) is 0 Å².